The molecule has 5 nitrogen and oxygen atoms in total. The van der Waals surface area contributed by atoms with Gasteiger partial charge in [0.05, 0.1) is 0 Å². The van der Waals surface area contributed by atoms with Crippen molar-refractivity contribution in [2.75, 3.05) is 11.9 Å². The third kappa shape index (κ3) is 4.60. The Morgan fingerprint density at radius 3 is 2.87 bits per heavy atom. The summed E-state index contributed by atoms with van der Waals surface area (Å²) in [7, 11) is 0. The van der Waals surface area contributed by atoms with Gasteiger partial charge in [-0.1, -0.05) is 19.0 Å². The van der Waals surface area contributed by atoms with Gasteiger partial charge in [-0.25, -0.2) is 0 Å². The lowest BCUT2D eigenvalue weighted by Gasteiger charge is -2.06. The van der Waals surface area contributed by atoms with Crippen LogP contribution in [-0.2, 0) is 4.79 Å². The van der Waals surface area contributed by atoms with E-state index in [1.165, 1.54) is 0 Å². The number of hydrogen-bond acceptors (Lipinski definition) is 4. The fraction of sp³-hybridized carbons (Fsp3) is 0.600. The molecule has 1 heterocycles. The fourth-order valence-corrected chi connectivity index (χ4v) is 1.11. The van der Waals surface area contributed by atoms with Gasteiger partial charge in [-0.15, -0.1) is 0 Å². The smallest absolute Gasteiger partial charge is 0.226 e. The van der Waals surface area contributed by atoms with E-state index >= 15 is 0 Å². The summed E-state index contributed by atoms with van der Waals surface area (Å²) >= 11 is 0. The molecule has 1 aromatic rings. The second kappa shape index (κ2) is 5.50. The molecule has 0 spiro atoms. The van der Waals surface area contributed by atoms with Gasteiger partial charge in [-0.3, -0.25) is 4.79 Å². The van der Waals surface area contributed by atoms with Gasteiger partial charge in [-0.05, 0) is 6.92 Å². The Bertz CT molecular complexity index is 320. The predicted octanol–water partition coefficient (Wildman–Crippen LogP) is 1.31. The summed E-state index contributed by atoms with van der Waals surface area (Å²) in [4.78, 5) is 11.4. The van der Waals surface area contributed by atoms with Crippen LogP contribution in [0.3, 0.4) is 0 Å². The first-order valence-electron chi connectivity index (χ1n) is 5.04. The highest BCUT2D eigenvalue weighted by Gasteiger charge is 2.05. The van der Waals surface area contributed by atoms with Gasteiger partial charge in [0.2, 0.25) is 5.91 Å². The molecule has 0 fully saturated rings. The van der Waals surface area contributed by atoms with Crippen molar-refractivity contribution in [3.63, 3.8) is 0 Å². The van der Waals surface area contributed by atoms with E-state index in [1.807, 2.05) is 13.8 Å². The van der Waals surface area contributed by atoms with Crippen LogP contribution in [0.1, 0.15) is 26.0 Å². The van der Waals surface area contributed by atoms with Crippen molar-refractivity contribution < 1.29 is 9.32 Å². The Hall–Kier alpha value is -1.36. The lowest BCUT2D eigenvalue weighted by Crippen LogP contribution is -2.27. The predicted molar refractivity (Wildman–Crippen MR) is 57.6 cm³/mol. The molecule has 15 heavy (non-hydrogen) atoms. The molecule has 5 heteroatoms. The Kier molecular flexibility index (Phi) is 4.30. The lowest BCUT2D eigenvalue weighted by atomic mass is 10.3. The zero-order valence-electron chi connectivity index (χ0n) is 9.33. The Morgan fingerprint density at radius 1 is 1.60 bits per heavy atom. The molecule has 0 saturated carbocycles. The second-order valence-corrected chi connectivity index (χ2v) is 3.73. The van der Waals surface area contributed by atoms with Gasteiger partial charge in [0.1, 0.15) is 5.76 Å². The van der Waals surface area contributed by atoms with Gasteiger partial charge in [0.15, 0.2) is 5.82 Å². The van der Waals surface area contributed by atoms with Crippen LogP contribution >= 0.6 is 0 Å². The van der Waals surface area contributed by atoms with Crippen LogP contribution in [0.4, 0.5) is 5.82 Å². The maximum Gasteiger partial charge on any atom is 0.226 e. The number of carbonyl (C=O) groups excluding carboxylic acids is 1. The first-order chi connectivity index (χ1) is 7.08. The van der Waals surface area contributed by atoms with Gasteiger partial charge < -0.3 is 15.2 Å². The topological polar surface area (TPSA) is 67.2 Å². The van der Waals surface area contributed by atoms with Crippen molar-refractivity contribution >= 4 is 11.7 Å². The third-order valence-corrected chi connectivity index (χ3v) is 1.80. The van der Waals surface area contributed by atoms with Crippen LogP contribution in [0.25, 0.3) is 0 Å². The van der Waals surface area contributed by atoms with E-state index in [-0.39, 0.29) is 5.91 Å². The number of nitrogens with zero attached hydrogens (tertiary/aromatic N) is 1. The van der Waals surface area contributed by atoms with Crippen molar-refractivity contribution in [3.05, 3.63) is 11.8 Å². The molecule has 1 amide bonds. The first kappa shape index (κ1) is 11.7. The van der Waals surface area contributed by atoms with Crippen molar-refractivity contribution in [2.45, 2.75) is 33.2 Å². The molecule has 0 radical (unpaired) electrons. The molecule has 84 valence electrons. The molecule has 0 aliphatic rings. The average molecular weight is 211 g/mol. The molecule has 0 aliphatic carbocycles. The molecule has 0 aromatic carbocycles. The number of carbonyl (C=O) groups is 1. The zero-order chi connectivity index (χ0) is 11.3. The minimum absolute atomic E-state index is 0.0588. The molecular formula is C10H17N3O2. The molecule has 0 atom stereocenters. The van der Waals surface area contributed by atoms with Gasteiger partial charge in [0, 0.05) is 25.1 Å². The highest BCUT2D eigenvalue weighted by atomic mass is 16.5. The van der Waals surface area contributed by atoms with E-state index in [0.29, 0.717) is 30.6 Å². The van der Waals surface area contributed by atoms with Crippen LogP contribution in [0.2, 0.25) is 0 Å². The van der Waals surface area contributed by atoms with Crippen LogP contribution in [-0.4, -0.2) is 23.7 Å². The molecule has 0 unspecified atom stereocenters. The molecule has 0 aliphatic heterocycles. The van der Waals surface area contributed by atoms with E-state index in [1.54, 1.807) is 13.0 Å². The number of hydrogen-bond donors (Lipinski definition) is 2. The van der Waals surface area contributed by atoms with Crippen LogP contribution < -0.4 is 10.6 Å². The van der Waals surface area contributed by atoms with Crippen molar-refractivity contribution in [1.82, 2.24) is 10.5 Å². The molecule has 1 rings (SSSR count). The quantitative estimate of drug-likeness (QED) is 0.770. The number of rotatable bonds is 5. The Labute approximate surface area is 89.2 Å². The number of aromatic nitrogens is 1. The van der Waals surface area contributed by atoms with Gasteiger partial charge in [0.25, 0.3) is 0 Å². The second-order valence-electron chi connectivity index (χ2n) is 3.73. The molecule has 2 N–H and O–H groups in total. The van der Waals surface area contributed by atoms with E-state index < -0.39 is 0 Å². The number of aryl methyl sites for hydroxylation is 1. The lowest BCUT2D eigenvalue weighted by molar-refractivity contribution is -0.116. The summed E-state index contributed by atoms with van der Waals surface area (Å²) in [6.45, 7) is 6.53. The maximum absolute atomic E-state index is 11.4. The molecule has 0 bridgehead atoms. The maximum atomic E-state index is 11.4. The normalized spacial score (nSPS) is 10.7. The minimum Gasteiger partial charge on any atom is -0.360 e. The van der Waals surface area contributed by atoms with Crippen LogP contribution in [0, 0.1) is 6.92 Å². The van der Waals surface area contributed by atoms with E-state index in [4.69, 9.17) is 4.52 Å². The van der Waals surface area contributed by atoms with E-state index in [0.717, 1.165) is 0 Å². The van der Waals surface area contributed by atoms with Crippen LogP contribution in [0.15, 0.2) is 10.6 Å². The van der Waals surface area contributed by atoms with Gasteiger partial charge >= 0.3 is 0 Å². The molecule has 0 saturated heterocycles. The minimum atomic E-state index is -0.0588. The Balaban J connectivity index is 2.24. The third-order valence-electron chi connectivity index (χ3n) is 1.80. The monoisotopic (exact) mass is 211 g/mol. The van der Waals surface area contributed by atoms with E-state index in [9.17, 15) is 4.79 Å². The SMILES string of the molecule is Cc1cc(NC(=O)CCNC(C)C)no1. The number of amides is 1. The summed E-state index contributed by atoms with van der Waals surface area (Å²) in [6.07, 6.45) is 0.435. The Morgan fingerprint density at radius 2 is 2.33 bits per heavy atom. The van der Waals surface area contributed by atoms with Gasteiger partial charge in [-0.2, -0.15) is 0 Å². The zero-order valence-corrected chi connectivity index (χ0v) is 9.33. The standard InChI is InChI=1S/C10H17N3O2/c1-7(2)11-5-4-10(14)12-9-6-8(3)15-13-9/h6-7,11H,4-5H2,1-3H3,(H,12,13,14). The summed E-state index contributed by atoms with van der Waals surface area (Å²) in [5.74, 6) is 1.10. The highest BCUT2D eigenvalue weighted by molar-refractivity contribution is 5.89. The van der Waals surface area contributed by atoms with Crippen LogP contribution in [0.5, 0.6) is 0 Å². The first-order valence-corrected chi connectivity index (χ1v) is 5.04. The fourth-order valence-electron chi connectivity index (χ4n) is 1.11. The van der Waals surface area contributed by atoms with Crippen molar-refractivity contribution in [3.8, 4) is 0 Å². The molecular weight excluding hydrogens is 194 g/mol. The highest BCUT2D eigenvalue weighted by Crippen LogP contribution is 2.06. The summed E-state index contributed by atoms with van der Waals surface area (Å²) in [6, 6.07) is 2.08. The van der Waals surface area contributed by atoms with E-state index in [2.05, 4.69) is 15.8 Å². The number of anilines is 1. The summed E-state index contributed by atoms with van der Waals surface area (Å²) < 4.78 is 4.83. The summed E-state index contributed by atoms with van der Waals surface area (Å²) in [5.41, 5.74) is 0. The van der Waals surface area contributed by atoms with Crippen molar-refractivity contribution in [2.24, 2.45) is 0 Å². The number of nitrogens with one attached hydrogen (secondary N) is 2. The summed E-state index contributed by atoms with van der Waals surface area (Å²) in [5, 5.41) is 9.49. The largest absolute Gasteiger partial charge is 0.360 e. The average Bonchev–Trinajstić information content (AvgIpc) is 2.50. The molecule has 1 aromatic heterocycles. The van der Waals surface area contributed by atoms with Crippen molar-refractivity contribution in [1.29, 1.82) is 0 Å².